The van der Waals surface area contributed by atoms with Gasteiger partial charge < -0.3 is 29.4 Å². The van der Waals surface area contributed by atoms with Crippen LogP contribution in [0.4, 0.5) is 5.00 Å². The van der Waals surface area contributed by atoms with Crippen LogP contribution in [0.2, 0.25) is 0 Å². The molecule has 12 nitrogen and oxygen atoms in total. The van der Waals surface area contributed by atoms with Gasteiger partial charge >= 0.3 is 11.9 Å². The van der Waals surface area contributed by atoms with Gasteiger partial charge in [0.05, 0.1) is 44.1 Å². The van der Waals surface area contributed by atoms with Crippen molar-refractivity contribution in [3.8, 4) is 5.75 Å². The highest BCUT2D eigenvalue weighted by atomic mass is 32.2. The van der Waals surface area contributed by atoms with Crippen molar-refractivity contribution in [1.29, 1.82) is 0 Å². The van der Waals surface area contributed by atoms with E-state index < -0.39 is 23.1 Å². The van der Waals surface area contributed by atoms with Crippen LogP contribution in [-0.4, -0.2) is 64.1 Å². The van der Waals surface area contributed by atoms with Crippen LogP contribution >= 0.6 is 23.1 Å². The second-order valence-electron chi connectivity index (χ2n) is 9.66. The Labute approximate surface area is 265 Å². The first-order valence-corrected chi connectivity index (χ1v) is 16.1. The summed E-state index contributed by atoms with van der Waals surface area (Å²) >= 11 is 2.18. The molecule has 2 amide bonds. The van der Waals surface area contributed by atoms with Crippen LogP contribution in [-0.2, 0) is 38.6 Å². The Morgan fingerprint density at radius 3 is 2.34 bits per heavy atom. The zero-order valence-corrected chi connectivity index (χ0v) is 27.5. The summed E-state index contributed by atoms with van der Waals surface area (Å²) in [6.07, 6.45) is 1.99. The monoisotopic (exact) mass is 645 g/mol. The number of hydrogen-bond acceptors (Lipinski definition) is 11. The molecule has 1 unspecified atom stereocenters. The fourth-order valence-electron chi connectivity index (χ4n) is 4.11. The number of benzene rings is 1. The normalized spacial score (nSPS) is 11.5. The minimum absolute atomic E-state index is 0.129. The lowest BCUT2D eigenvalue weighted by Gasteiger charge is -2.14. The van der Waals surface area contributed by atoms with Gasteiger partial charge in [0.1, 0.15) is 15.6 Å². The minimum Gasteiger partial charge on any atom is -0.497 e. The number of carbonyl (C=O) groups excluding carboxylic acids is 4. The first-order valence-electron chi connectivity index (χ1n) is 14.4. The van der Waals surface area contributed by atoms with Gasteiger partial charge in [-0.3, -0.25) is 9.59 Å². The smallest absolute Gasteiger partial charge is 0.348 e. The van der Waals surface area contributed by atoms with Gasteiger partial charge in [-0.05, 0) is 57.4 Å². The van der Waals surface area contributed by atoms with Gasteiger partial charge in [-0.2, -0.15) is 0 Å². The number of ether oxygens (including phenoxy) is 3. The topological polar surface area (TPSA) is 151 Å². The van der Waals surface area contributed by atoms with E-state index in [0.717, 1.165) is 35.5 Å². The lowest BCUT2D eigenvalue weighted by atomic mass is 10.1. The van der Waals surface area contributed by atoms with E-state index in [1.165, 1.54) is 11.8 Å². The zero-order valence-electron chi connectivity index (χ0n) is 25.9. The maximum absolute atomic E-state index is 13.3. The number of methoxy groups -OCH3 is 1. The van der Waals surface area contributed by atoms with E-state index in [1.54, 1.807) is 46.9 Å². The molecule has 2 aromatic heterocycles. The van der Waals surface area contributed by atoms with Crippen molar-refractivity contribution in [3.05, 3.63) is 51.7 Å². The van der Waals surface area contributed by atoms with E-state index in [1.807, 2.05) is 16.7 Å². The predicted molar refractivity (Wildman–Crippen MR) is 168 cm³/mol. The molecule has 1 atom stereocenters. The number of thiophene rings is 1. The Hall–Kier alpha value is -3.91. The molecule has 2 N–H and O–H groups in total. The number of esters is 2. The van der Waals surface area contributed by atoms with Crippen LogP contribution < -0.4 is 15.4 Å². The average molecular weight is 646 g/mol. The number of thioether (sulfide) groups is 1. The Bertz CT molecular complexity index is 1450. The molecule has 3 aromatic rings. The number of nitrogens with zero attached hydrogens (tertiary/aromatic N) is 3. The third-order valence-electron chi connectivity index (χ3n) is 6.47. The van der Waals surface area contributed by atoms with Gasteiger partial charge in [-0.25, -0.2) is 9.59 Å². The summed E-state index contributed by atoms with van der Waals surface area (Å²) in [5, 5.41) is 14.4. The molecule has 0 bridgehead atoms. The summed E-state index contributed by atoms with van der Waals surface area (Å²) in [4.78, 5) is 51.4. The van der Waals surface area contributed by atoms with Crippen LogP contribution in [0, 0.1) is 6.92 Å². The molecule has 0 aliphatic rings. The summed E-state index contributed by atoms with van der Waals surface area (Å²) in [5.74, 6) is -0.460. The van der Waals surface area contributed by atoms with Crippen LogP contribution in [0.15, 0.2) is 29.4 Å². The SMILES string of the molecule is CCCCn1c(CNC(=O)Cc2ccc(OC)cc2)nnc1SC(C)C(=O)Nc1sc(C(=O)OCC)c(C)c1C(=O)OCC. The lowest BCUT2D eigenvalue weighted by molar-refractivity contribution is -0.120. The second-order valence-corrected chi connectivity index (χ2v) is 12.0. The number of rotatable bonds is 16. The first kappa shape index (κ1) is 34.6. The highest BCUT2D eigenvalue weighted by Gasteiger charge is 2.29. The van der Waals surface area contributed by atoms with Gasteiger partial charge in [-0.1, -0.05) is 37.2 Å². The summed E-state index contributed by atoms with van der Waals surface area (Å²) in [6, 6.07) is 7.30. The summed E-state index contributed by atoms with van der Waals surface area (Å²) in [5.41, 5.74) is 1.37. The van der Waals surface area contributed by atoms with Crippen molar-refractivity contribution >= 4 is 51.9 Å². The fourth-order valence-corrected chi connectivity index (χ4v) is 6.10. The first-order chi connectivity index (χ1) is 21.1. The number of amides is 2. The van der Waals surface area contributed by atoms with E-state index in [9.17, 15) is 19.2 Å². The number of hydrogen-bond donors (Lipinski definition) is 2. The lowest BCUT2D eigenvalue weighted by Crippen LogP contribution is -2.26. The maximum atomic E-state index is 13.3. The molecule has 238 valence electrons. The quantitative estimate of drug-likeness (QED) is 0.164. The molecule has 0 aliphatic heterocycles. The number of carbonyl (C=O) groups is 4. The van der Waals surface area contributed by atoms with Crippen LogP contribution in [0.5, 0.6) is 5.75 Å². The highest BCUT2D eigenvalue weighted by Crippen LogP contribution is 2.35. The van der Waals surface area contributed by atoms with Gasteiger partial charge in [0, 0.05) is 6.54 Å². The van der Waals surface area contributed by atoms with Crippen molar-refractivity contribution in [2.75, 3.05) is 25.6 Å². The van der Waals surface area contributed by atoms with Gasteiger partial charge in [0.25, 0.3) is 0 Å². The van der Waals surface area contributed by atoms with Gasteiger partial charge in [-0.15, -0.1) is 21.5 Å². The zero-order chi connectivity index (χ0) is 32.2. The Balaban J connectivity index is 1.72. The molecule has 44 heavy (non-hydrogen) atoms. The molecular weight excluding hydrogens is 606 g/mol. The van der Waals surface area contributed by atoms with Crippen LogP contribution in [0.1, 0.15) is 77.5 Å². The van der Waals surface area contributed by atoms with E-state index in [0.29, 0.717) is 23.1 Å². The number of unbranched alkanes of at least 4 members (excludes halogenated alkanes) is 1. The molecule has 3 rings (SSSR count). The fraction of sp³-hybridized carbons (Fsp3) is 0.467. The van der Waals surface area contributed by atoms with Crippen molar-refractivity contribution in [1.82, 2.24) is 20.1 Å². The molecule has 0 aliphatic carbocycles. The van der Waals surface area contributed by atoms with E-state index >= 15 is 0 Å². The highest BCUT2D eigenvalue weighted by molar-refractivity contribution is 8.00. The molecule has 1 aromatic carbocycles. The maximum Gasteiger partial charge on any atom is 0.348 e. The molecule has 2 heterocycles. The molecule has 0 saturated carbocycles. The standard InChI is InChI=1S/C30H39N5O7S2/c1-7-10-15-35-22(17-31-23(36)16-20-11-13-21(40-6)14-12-20)33-34-30(35)43-19(5)26(37)32-27-24(28(38)41-8-2)18(4)25(44-27)29(39)42-9-3/h11-14,19H,7-10,15-17H2,1-6H3,(H,31,36)(H,32,37). The third-order valence-corrected chi connectivity index (χ3v) is 8.74. The summed E-state index contributed by atoms with van der Waals surface area (Å²) < 4.78 is 17.4. The van der Waals surface area contributed by atoms with E-state index in [2.05, 4.69) is 27.8 Å². The summed E-state index contributed by atoms with van der Waals surface area (Å²) in [6.45, 7) is 9.88. The average Bonchev–Trinajstić information content (AvgIpc) is 3.54. The summed E-state index contributed by atoms with van der Waals surface area (Å²) in [7, 11) is 1.59. The largest absolute Gasteiger partial charge is 0.497 e. The third kappa shape index (κ3) is 9.05. The number of anilines is 1. The van der Waals surface area contributed by atoms with Crippen molar-refractivity contribution in [3.63, 3.8) is 0 Å². The van der Waals surface area contributed by atoms with E-state index in [-0.39, 0.29) is 47.5 Å². The Kier molecular flexibility index (Phi) is 13.2. The van der Waals surface area contributed by atoms with Crippen molar-refractivity contribution in [2.45, 2.75) is 77.4 Å². The van der Waals surface area contributed by atoms with Gasteiger partial charge in [0.2, 0.25) is 11.8 Å². The molecule has 14 heteroatoms. The van der Waals surface area contributed by atoms with E-state index in [4.69, 9.17) is 14.2 Å². The molecule has 0 spiro atoms. The Morgan fingerprint density at radius 1 is 1.02 bits per heavy atom. The second kappa shape index (κ2) is 16.8. The molecule has 0 radical (unpaired) electrons. The minimum atomic E-state index is -0.638. The number of aromatic nitrogens is 3. The number of nitrogens with one attached hydrogen (secondary N) is 2. The molecular formula is C30H39N5O7S2. The van der Waals surface area contributed by atoms with Crippen LogP contribution in [0.25, 0.3) is 0 Å². The van der Waals surface area contributed by atoms with Crippen molar-refractivity contribution in [2.24, 2.45) is 0 Å². The van der Waals surface area contributed by atoms with Crippen LogP contribution in [0.3, 0.4) is 0 Å². The predicted octanol–water partition coefficient (Wildman–Crippen LogP) is 4.79. The molecule has 0 saturated heterocycles. The Morgan fingerprint density at radius 2 is 1.70 bits per heavy atom. The van der Waals surface area contributed by atoms with Crippen molar-refractivity contribution < 1.29 is 33.4 Å². The van der Waals surface area contributed by atoms with Gasteiger partial charge in [0.15, 0.2) is 11.0 Å². The molecule has 0 fully saturated rings.